The fourth-order valence-corrected chi connectivity index (χ4v) is 4.15. The maximum absolute atomic E-state index is 10.0. The third-order valence-corrected chi connectivity index (χ3v) is 5.77. The molecular weight excluding hydrogens is 394 g/mol. The van der Waals surface area contributed by atoms with E-state index in [0.717, 1.165) is 66.1 Å². The van der Waals surface area contributed by atoms with Crippen LogP contribution in [0.25, 0.3) is 11.3 Å². The average molecular weight is 419 g/mol. The minimum Gasteiger partial charge on any atom is -0.454 e. The van der Waals surface area contributed by atoms with E-state index in [1.165, 1.54) is 0 Å². The van der Waals surface area contributed by atoms with Gasteiger partial charge in [-0.25, -0.2) is 9.97 Å². The Labute approximate surface area is 180 Å². The van der Waals surface area contributed by atoms with Crippen molar-refractivity contribution in [3.8, 4) is 22.8 Å². The summed E-state index contributed by atoms with van der Waals surface area (Å²) in [4.78, 5) is 14.1. The van der Waals surface area contributed by atoms with Crippen LogP contribution in [0.1, 0.15) is 11.4 Å². The molecule has 0 unspecified atom stereocenters. The Hall–Kier alpha value is -3.52. The monoisotopic (exact) mass is 419 g/mol. The number of aliphatic hydroxyl groups excluding tert-OH is 1. The molecular formula is C23H25N5O3. The Bertz CT molecular complexity index is 1110. The number of hydrogen-bond donors (Lipinski definition) is 2. The zero-order valence-electron chi connectivity index (χ0n) is 17.4. The molecule has 0 spiro atoms. The number of aryl methyl sites for hydroxylation is 1. The highest BCUT2D eigenvalue weighted by Crippen LogP contribution is 2.36. The van der Waals surface area contributed by atoms with Gasteiger partial charge in [0.2, 0.25) is 6.79 Å². The summed E-state index contributed by atoms with van der Waals surface area (Å²) in [5.74, 6) is 2.17. The summed E-state index contributed by atoms with van der Waals surface area (Å²) in [6.07, 6.45) is 0. The van der Waals surface area contributed by atoms with Crippen molar-refractivity contribution in [2.45, 2.75) is 13.5 Å². The molecule has 0 atom stereocenters. The second kappa shape index (κ2) is 7.96. The van der Waals surface area contributed by atoms with Gasteiger partial charge in [0, 0.05) is 31.7 Å². The lowest BCUT2D eigenvalue weighted by Gasteiger charge is -2.37. The van der Waals surface area contributed by atoms with E-state index >= 15 is 0 Å². The SMILES string of the molecule is Cc1nc(N2CCN(c3ccccc3N)CC2)c(CO)nc1-c1ccc2c(c1)OCO2. The van der Waals surface area contributed by atoms with Gasteiger partial charge in [0.15, 0.2) is 17.3 Å². The molecule has 0 aliphatic carbocycles. The van der Waals surface area contributed by atoms with E-state index < -0.39 is 0 Å². The van der Waals surface area contributed by atoms with Crippen LogP contribution in [0.3, 0.4) is 0 Å². The lowest BCUT2D eigenvalue weighted by molar-refractivity contribution is 0.174. The van der Waals surface area contributed by atoms with Crippen molar-refractivity contribution in [2.24, 2.45) is 0 Å². The van der Waals surface area contributed by atoms with Crippen molar-refractivity contribution >= 4 is 17.2 Å². The predicted molar refractivity (Wildman–Crippen MR) is 120 cm³/mol. The van der Waals surface area contributed by atoms with Crippen LogP contribution < -0.4 is 25.0 Å². The van der Waals surface area contributed by atoms with Crippen molar-refractivity contribution in [1.29, 1.82) is 0 Å². The van der Waals surface area contributed by atoms with Crippen molar-refractivity contribution < 1.29 is 14.6 Å². The molecule has 0 bridgehead atoms. The highest BCUT2D eigenvalue weighted by Gasteiger charge is 2.24. The molecule has 2 aliphatic heterocycles. The van der Waals surface area contributed by atoms with Gasteiger partial charge in [-0.3, -0.25) is 0 Å². The second-order valence-corrected chi connectivity index (χ2v) is 7.69. The van der Waals surface area contributed by atoms with Gasteiger partial charge in [-0.05, 0) is 37.3 Å². The lowest BCUT2D eigenvalue weighted by Crippen LogP contribution is -2.47. The molecule has 2 aliphatic rings. The van der Waals surface area contributed by atoms with E-state index in [2.05, 4.69) is 9.80 Å². The van der Waals surface area contributed by atoms with Gasteiger partial charge in [-0.15, -0.1) is 0 Å². The topological polar surface area (TPSA) is 97.0 Å². The molecule has 0 amide bonds. The number of benzene rings is 2. The first-order valence-corrected chi connectivity index (χ1v) is 10.4. The summed E-state index contributed by atoms with van der Waals surface area (Å²) in [5.41, 5.74) is 11.0. The van der Waals surface area contributed by atoms with E-state index in [0.29, 0.717) is 11.4 Å². The first-order valence-electron chi connectivity index (χ1n) is 10.4. The van der Waals surface area contributed by atoms with E-state index in [4.69, 9.17) is 25.2 Å². The molecule has 2 aromatic carbocycles. The summed E-state index contributed by atoms with van der Waals surface area (Å²) in [6, 6.07) is 13.6. The third-order valence-electron chi connectivity index (χ3n) is 5.77. The summed E-state index contributed by atoms with van der Waals surface area (Å²) < 4.78 is 10.9. The first kappa shape index (κ1) is 19.4. The molecule has 8 heteroatoms. The number of nitrogens with two attached hydrogens (primary N) is 1. The number of ether oxygens (including phenoxy) is 2. The summed E-state index contributed by atoms with van der Waals surface area (Å²) in [7, 11) is 0. The van der Waals surface area contributed by atoms with Gasteiger partial charge in [0.25, 0.3) is 0 Å². The van der Waals surface area contributed by atoms with Crippen LogP contribution >= 0.6 is 0 Å². The second-order valence-electron chi connectivity index (χ2n) is 7.69. The molecule has 8 nitrogen and oxygen atoms in total. The zero-order chi connectivity index (χ0) is 21.4. The normalized spacial score (nSPS) is 15.4. The van der Waals surface area contributed by atoms with Gasteiger partial charge in [-0.1, -0.05) is 12.1 Å². The van der Waals surface area contributed by atoms with Crippen LogP contribution in [0.15, 0.2) is 42.5 Å². The molecule has 5 rings (SSSR count). The van der Waals surface area contributed by atoms with E-state index in [9.17, 15) is 5.11 Å². The fourth-order valence-electron chi connectivity index (χ4n) is 4.15. The number of para-hydroxylation sites is 2. The number of hydrogen-bond acceptors (Lipinski definition) is 8. The number of nitrogens with zero attached hydrogens (tertiary/aromatic N) is 4. The van der Waals surface area contributed by atoms with Crippen LogP contribution in [0.4, 0.5) is 17.2 Å². The van der Waals surface area contributed by atoms with Gasteiger partial charge in [0.1, 0.15) is 5.69 Å². The van der Waals surface area contributed by atoms with Crippen LogP contribution in [-0.4, -0.2) is 48.0 Å². The molecule has 1 saturated heterocycles. The molecule has 0 saturated carbocycles. The molecule has 1 fully saturated rings. The third kappa shape index (κ3) is 3.59. The number of piperazine rings is 1. The molecule has 31 heavy (non-hydrogen) atoms. The van der Waals surface area contributed by atoms with Crippen LogP contribution in [0.2, 0.25) is 0 Å². The predicted octanol–water partition coefficient (Wildman–Crippen LogP) is 2.58. The van der Waals surface area contributed by atoms with Crippen LogP contribution in [0, 0.1) is 6.92 Å². The maximum atomic E-state index is 10.0. The Morgan fingerprint density at radius 3 is 2.48 bits per heavy atom. The van der Waals surface area contributed by atoms with E-state index in [1.807, 2.05) is 49.4 Å². The average Bonchev–Trinajstić information content (AvgIpc) is 3.27. The standard InChI is InChI=1S/C23H25N5O3/c1-15-22(16-6-7-20-21(12-16)31-14-30-20)26-18(13-29)23(25-15)28-10-8-27(9-11-28)19-5-3-2-4-17(19)24/h2-7,12,29H,8-11,13-14,24H2,1H3. The molecule has 3 N–H and O–H groups in total. The van der Waals surface area contributed by atoms with Gasteiger partial charge in [-0.2, -0.15) is 0 Å². The molecule has 3 heterocycles. The molecule has 160 valence electrons. The highest BCUT2D eigenvalue weighted by molar-refractivity contribution is 5.69. The maximum Gasteiger partial charge on any atom is 0.231 e. The number of anilines is 3. The smallest absolute Gasteiger partial charge is 0.231 e. The van der Waals surface area contributed by atoms with Gasteiger partial charge in [0.05, 0.1) is 29.4 Å². The van der Waals surface area contributed by atoms with Crippen molar-refractivity contribution in [3.05, 3.63) is 53.9 Å². The minimum atomic E-state index is -0.175. The Kier molecular flexibility index (Phi) is 4.99. The van der Waals surface area contributed by atoms with Crippen LogP contribution in [0.5, 0.6) is 11.5 Å². The fraction of sp³-hybridized carbons (Fsp3) is 0.304. The van der Waals surface area contributed by atoms with Crippen molar-refractivity contribution in [3.63, 3.8) is 0 Å². The summed E-state index contributed by atoms with van der Waals surface area (Å²) in [6.45, 7) is 5.19. The van der Waals surface area contributed by atoms with Crippen LogP contribution in [-0.2, 0) is 6.61 Å². The first-order chi connectivity index (χ1) is 15.1. The van der Waals surface area contributed by atoms with Crippen molar-refractivity contribution in [2.75, 3.05) is 48.5 Å². The number of nitrogen functional groups attached to an aromatic ring is 1. The Morgan fingerprint density at radius 1 is 0.968 bits per heavy atom. The van der Waals surface area contributed by atoms with E-state index in [1.54, 1.807) is 0 Å². The summed E-state index contributed by atoms with van der Waals surface area (Å²) in [5, 5.41) is 10.0. The number of aromatic nitrogens is 2. The largest absolute Gasteiger partial charge is 0.454 e. The summed E-state index contributed by atoms with van der Waals surface area (Å²) >= 11 is 0. The van der Waals surface area contributed by atoms with E-state index in [-0.39, 0.29) is 13.4 Å². The molecule has 3 aromatic rings. The Balaban J connectivity index is 1.39. The highest BCUT2D eigenvalue weighted by atomic mass is 16.7. The molecule has 0 radical (unpaired) electrons. The zero-order valence-corrected chi connectivity index (χ0v) is 17.4. The number of aliphatic hydroxyl groups is 1. The van der Waals surface area contributed by atoms with Crippen molar-refractivity contribution in [1.82, 2.24) is 9.97 Å². The minimum absolute atomic E-state index is 0.175. The van der Waals surface area contributed by atoms with Gasteiger partial charge >= 0.3 is 0 Å². The Morgan fingerprint density at radius 2 is 1.71 bits per heavy atom. The number of rotatable bonds is 4. The number of fused-ring (bicyclic) bond motifs is 1. The lowest BCUT2D eigenvalue weighted by atomic mass is 10.1. The van der Waals surface area contributed by atoms with Gasteiger partial charge < -0.3 is 30.1 Å². The quantitative estimate of drug-likeness (QED) is 0.623. The molecule has 1 aromatic heterocycles.